The zero-order valence-corrected chi connectivity index (χ0v) is 14.4. The van der Waals surface area contributed by atoms with Gasteiger partial charge >= 0.3 is 0 Å². The molecule has 1 fully saturated rings. The average molecular weight is 295 g/mol. The van der Waals surface area contributed by atoms with Crippen LogP contribution in [0.25, 0.3) is 0 Å². The molecule has 3 heteroatoms. The van der Waals surface area contributed by atoms with E-state index in [0.29, 0.717) is 6.04 Å². The van der Waals surface area contributed by atoms with Crippen molar-refractivity contribution in [1.82, 2.24) is 10.3 Å². The van der Waals surface area contributed by atoms with Crippen molar-refractivity contribution < 1.29 is 0 Å². The Bertz CT molecular complexity index is 405. The zero-order valence-electron chi connectivity index (χ0n) is 13.5. The molecule has 0 aliphatic heterocycles. The van der Waals surface area contributed by atoms with Crippen LogP contribution >= 0.6 is 11.3 Å². The van der Waals surface area contributed by atoms with E-state index in [2.05, 4.69) is 33.0 Å². The number of aromatic nitrogens is 1. The maximum absolute atomic E-state index is 4.89. The van der Waals surface area contributed by atoms with Crippen LogP contribution in [0.1, 0.15) is 86.8 Å². The SMILES string of the molecule is CCCC1CCC(c2nc(C)c(C(C)NCC)s2)CC1. The molecule has 0 spiro atoms. The summed E-state index contributed by atoms with van der Waals surface area (Å²) in [5, 5.41) is 4.91. The Balaban J connectivity index is 1.98. The standard InChI is InChI=1S/C17H30N2S/c1-5-7-14-8-10-15(11-9-14)17-19-13(4)16(20-17)12(3)18-6-2/h12,14-15,18H,5-11H2,1-4H3. The molecule has 1 atom stereocenters. The molecule has 114 valence electrons. The van der Waals surface area contributed by atoms with Crippen LogP contribution in [0.3, 0.4) is 0 Å². The first-order valence-corrected chi connectivity index (χ1v) is 9.17. The second-order valence-corrected chi connectivity index (χ2v) is 7.35. The lowest BCUT2D eigenvalue weighted by Crippen LogP contribution is -2.17. The Morgan fingerprint density at radius 2 is 1.95 bits per heavy atom. The lowest BCUT2D eigenvalue weighted by atomic mass is 9.80. The van der Waals surface area contributed by atoms with Crippen molar-refractivity contribution in [3.8, 4) is 0 Å². The fraction of sp³-hybridized carbons (Fsp3) is 0.824. The normalized spacial score (nSPS) is 24.8. The third-order valence-electron chi connectivity index (χ3n) is 4.65. The van der Waals surface area contributed by atoms with Crippen LogP contribution < -0.4 is 5.32 Å². The molecule has 0 aromatic carbocycles. The van der Waals surface area contributed by atoms with E-state index in [1.165, 1.54) is 54.1 Å². The molecule has 1 aromatic heterocycles. The highest BCUT2D eigenvalue weighted by Gasteiger charge is 2.25. The first-order chi connectivity index (χ1) is 9.65. The maximum atomic E-state index is 4.89. The van der Waals surface area contributed by atoms with Crippen molar-refractivity contribution in [2.45, 2.75) is 78.2 Å². The largest absolute Gasteiger partial charge is 0.310 e. The molecular weight excluding hydrogens is 264 g/mol. The van der Waals surface area contributed by atoms with Crippen molar-refractivity contribution in [2.24, 2.45) is 5.92 Å². The highest BCUT2D eigenvalue weighted by atomic mass is 32.1. The minimum absolute atomic E-state index is 0.447. The topological polar surface area (TPSA) is 24.9 Å². The quantitative estimate of drug-likeness (QED) is 0.780. The smallest absolute Gasteiger partial charge is 0.0962 e. The van der Waals surface area contributed by atoms with Gasteiger partial charge in [0.1, 0.15) is 0 Å². The number of nitrogens with zero attached hydrogens (tertiary/aromatic N) is 1. The molecule has 0 saturated heterocycles. The summed E-state index contributed by atoms with van der Waals surface area (Å²) in [7, 11) is 0. The Morgan fingerprint density at radius 3 is 2.55 bits per heavy atom. The molecule has 20 heavy (non-hydrogen) atoms. The predicted octanol–water partition coefficient (Wildman–Crippen LogP) is 5.20. The van der Waals surface area contributed by atoms with E-state index in [9.17, 15) is 0 Å². The van der Waals surface area contributed by atoms with Gasteiger partial charge in [-0.15, -0.1) is 11.3 Å². The van der Waals surface area contributed by atoms with Crippen molar-refractivity contribution in [2.75, 3.05) is 6.54 Å². The van der Waals surface area contributed by atoms with Crippen molar-refractivity contribution in [3.05, 3.63) is 15.6 Å². The summed E-state index contributed by atoms with van der Waals surface area (Å²) in [6.07, 6.45) is 8.30. The van der Waals surface area contributed by atoms with Crippen molar-refractivity contribution >= 4 is 11.3 Å². The summed E-state index contributed by atoms with van der Waals surface area (Å²) in [6, 6.07) is 0.447. The number of rotatable bonds is 6. The molecule has 1 saturated carbocycles. The van der Waals surface area contributed by atoms with E-state index in [1.807, 2.05) is 11.3 Å². The van der Waals surface area contributed by atoms with Gasteiger partial charge in [-0.05, 0) is 52.0 Å². The van der Waals surface area contributed by atoms with Gasteiger partial charge in [0.15, 0.2) is 0 Å². The van der Waals surface area contributed by atoms with Crippen LogP contribution in [0, 0.1) is 12.8 Å². The second kappa shape index (κ2) is 7.56. The van der Waals surface area contributed by atoms with Crippen LogP contribution in [-0.2, 0) is 0 Å². The van der Waals surface area contributed by atoms with Crippen LogP contribution in [0.2, 0.25) is 0 Å². The molecule has 0 bridgehead atoms. The Hall–Kier alpha value is -0.410. The van der Waals surface area contributed by atoms with E-state index < -0.39 is 0 Å². The molecule has 1 aromatic rings. The van der Waals surface area contributed by atoms with Gasteiger partial charge in [0, 0.05) is 16.8 Å². The number of hydrogen-bond donors (Lipinski definition) is 1. The number of aryl methyl sites for hydroxylation is 1. The lowest BCUT2D eigenvalue weighted by molar-refractivity contribution is 0.308. The summed E-state index contributed by atoms with van der Waals surface area (Å²) in [6.45, 7) is 9.93. The van der Waals surface area contributed by atoms with E-state index >= 15 is 0 Å². The first kappa shape index (κ1) is 16.0. The van der Waals surface area contributed by atoms with Gasteiger partial charge in [-0.1, -0.05) is 26.7 Å². The number of hydrogen-bond acceptors (Lipinski definition) is 3. The maximum Gasteiger partial charge on any atom is 0.0962 e. The van der Waals surface area contributed by atoms with Gasteiger partial charge in [0.2, 0.25) is 0 Å². The van der Waals surface area contributed by atoms with Crippen LogP contribution in [0.5, 0.6) is 0 Å². The number of nitrogens with one attached hydrogen (secondary N) is 1. The monoisotopic (exact) mass is 294 g/mol. The van der Waals surface area contributed by atoms with E-state index in [4.69, 9.17) is 4.98 Å². The molecule has 1 N–H and O–H groups in total. The van der Waals surface area contributed by atoms with E-state index in [1.54, 1.807) is 0 Å². The molecule has 2 rings (SSSR count). The highest BCUT2D eigenvalue weighted by Crippen LogP contribution is 2.40. The van der Waals surface area contributed by atoms with Crippen LogP contribution in [-0.4, -0.2) is 11.5 Å². The van der Waals surface area contributed by atoms with Gasteiger partial charge in [0.05, 0.1) is 10.7 Å². The van der Waals surface area contributed by atoms with Crippen molar-refractivity contribution in [3.63, 3.8) is 0 Å². The second-order valence-electron chi connectivity index (χ2n) is 6.29. The first-order valence-electron chi connectivity index (χ1n) is 8.36. The number of thiazole rings is 1. The zero-order chi connectivity index (χ0) is 14.5. The van der Waals surface area contributed by atoms with Gasteiger partial charge in [0.25, 0.3) is 0 Å². The fourth-order valence-corrected chi connectivity index (χ4v) is 4.77. The molecule has 0 radical (unpaired) electrons. The van der Waals surface area contributed by atoms with Gasteiger partial charge in [-0.25, -0.2) is 4.98 Å². The highest BCUT2D eigenvalue weighted by molar-refractivity contribution is 7.11. The van der Waals surface area contributed by atoms with Gasteiger partial charge in [-0.2, -0.15) is 0 Å². The lowest BCUT2D eigenvalue weighted by Gasteiger charge is -2.27. The Labute approximate surface area is 128 Å². The van der Waals surface area contributed by atoms with Crippen LogP contribution in [0.4, 0.5) is 0 Å². The average Bonchev–Trinajstić information content (AvgIpc) is 2.82. The minimum Gasteiger partial charge on any atom is -0.310 e. The summed E-state index contributed by atoms with van der Waals surface area (Å²) in [5.41, 5.74) is 1.24. The molecule has 1 heterocycles. The molecular formula is C17H30N2S. The fourth-order valence-electron chi connectivity index (χ4n) is 3.51. The van der Waals surface area contributed by atoms with Crippen LogP contribution in [0.15, 0.2) is 0 Å². The summed E-state index contributed by atoms with van der Waals surface area (Å²) in [5.74, 6) is 1.71. The van der Waals surface area contributed by atoms with Gasteiger partial charge in [-0.3, -0.25) is 0 Å². The van der Waals surface area contributed by atoms with E-state index in [0.717, 1.165) is 18.4 Å². The minimum atomic E-state index is 0.447. The van der Waals surface area contributed by atoms with Gasteiger partial charge < -0.3 is 5.32 Å². The Morgan fingerprint density at radius 1 is 1.25 bits per heavy atom. The third-order valence-corrected chi connectivity index (χ3v) is 6.15. The predicted molar refractivity (Wildman–Crippen MR) is 88.5 cm³/mol. The summed E-state index contributed by atoms with van der Waals surface area (Å²) in [4.78, 5) is 6.33. The molecule has 1 unspecified atom stereocenters. The summed E-state index contributed by atoms with van der Waals surface area (Å²) >= 11 is 1.96. The molecule has 2 nitrogen and oxygen atoms in total. The van der Waals surface area contributed by atoms with E-state index in [-0.39, 0.29) is 0 Å². The Kier molecular flexibility index (Phi) is 6.03. The summed E-state index contributed by atoms with van der Waals surface area (Å²) < 4.78 is 0. The third kappa shape index (κ3) is 3.82. The molecule has 0 amide bonds. The molecule has 1 aliphatic carbocycles. The molecule has 1 aliphatic rings. The van der Waals surface area contributed by atoms with Crippen molar-refractivity contribution in [1.29, 1.82) is 0 Å².